The summed E-state index contributed by atoms with van der Waals surface area (Å²) in [5, 5.41) is 3.88. The molecule has 0 spiro atoms. The van der Waals surface area contributed by atoms with E-state index in [1.54, 1.807) is 18.3 Å². The van der Waals surface area contributed by atoms with Crippen LogP contribution in [0.15, 0.2) is 60.0 Å². The molecule has 1 saturated heterocycles. The monoisotopic (exact) mass is 439 g/mol. The lowest BCUT2D eigenvalue weighted by Gasteiger charge is -2.47. The minimum atomic E-state index is -0.414. The highest BCUT2D eigenvalue weighted by molar-refractivity contribution is 7.09. The van der Waals surface area contributed by atoms with Crippen LogP contribution in [0.1, 0.15) is 36.0 Å². The van der Waals surface area contributed by atoms with Crippen LogP contribution in [0.2, 0.25) is 5.02 Å². The van der Waals surface area contributed by atoms with Gasteiger partial charge in [-0.05, 0) is 49.6 Å². The topological polar surface area (TPSA) is 36.4 Å². The minimum absolute atomic E-state index is 0.0557. The van der Waals surface area contributed by atoms with Gasteiger partial charge in [-0.1, -0.05) is 41.9 Å². The highest BCUT2D eigenvalue weighted by atomic mass is 35.5. The number of thiazole rings is 1. The number of aryl methyl sites for hydroxylation is 1. The second-order valence-corrected chi connectivity index (χ2v) is 9.21. The van der Waals surface area contributed by atoms with E-state index in [-0.39, 0.29) is 5.91 Å². The molecule has 1 aliphatic rings. The second-order valence-electron chi connectivity index (χ2n) is 7.92. The zero-order valence-corrected chi connectivity index (χ0v) is 18.9. The molecule has 156 valence electrons. The number of nitrogens with zero attached hydrogens (tertiary/aromatic N) is 3. The lowest BCUT2D eigenvalue weighted by Crippen LogP contribution is -2.55. The summed E-state index contributed by atoms with van der Waals surface area (Å²) < 4.78 is 0. The maximum Gasteiger partial charge on any atom is 0.224 e. The summed E-state index contributed by atoms with van der Waals surface area (Å²) in [6.07, 6.45) is 1.70. The van der Waals surface area contributed by atoms with Crippen LogP contribution in [0.4, 0.5) is 5.69 Å². The van der Waals surface area contributed by atoms with Crippen LogP contribution in [-0.4, -0.2) is 28.9 Å². The van der Waals surface area contributed by atoms with Crippen LogP contribution in [0.25, 0.3) is 0 Å². The van der Waals surface area contributed by atoms with E-state index in [0.717, 1.165) is 53.9 Å². The third kappa shape index (κ3) is 4.29. The van der Waals surface area contributed by atoms with Crippen molar-refractivity contribution >= 4 is 34.5 Å². The molecule has 1 aliphatic heterocycles. The Morgan fingerprint density at radius 2 is 1.80 bits per heavy atom. The fourth-order valence-electron chi connectivity index (χ4n) is 4.34. The molecular formula is C24H26ClN3OS. The molecule has 4 nitrogen and oxygen atoms in total. The van der Waals surface area contributed by atoms with E-state index in [1.807, 2.05) is 54.3 Å². The van der Waals surface area contributed by atoms with Crippen LogP contribution in [0.5, 0.6) is 0 Å². The summed E-state index contributed by atoms with van der Waals surface area (Å²) >= 11 is 7.69. The fourth-order valence-corrected chi connectivity index (χ4v) is 5.51. The van der Waals surface area contributed by atoms with Crippen molar-refractivity contribution in [2.75, 3.05) is 18.0 Å². The Balaban J connectivity index is 1.63. The molecule has 1 aromatic heterocycles. The van der Waals surface area contributed by atoms with Gasteiger partial charge in [0.15, 0.2) is 0 Å². The number of amides is 1. The molecule has 1 fully saturated rings. The second kappa shape index (κ2) is 8.88. The minimum Gasteiger partial charge on any atom is -0.300 e. The molecular weight excluding hydrogens is 414 g/mol. The van der Waals surface area contributed by atoms with Gasteiger partial charge in [0, 0.05) is 48.3 Å². The molecule has 0 saturated carbocycles. The number of rotatable bonds is 5. The maximum absolute atomic E-state index is 12.9. The molecule has 0 unspecified atom stereocenters. The van der Waals surface area contributed by atoms with Gasteiger partial charge in [-0.2, -0.15) is 0 Å². The van der Waals surface area contributed by atoms with Gasteiger partial charge in [0.1, 0.15) is 10.5 Å². The molecule has 0 radical (unpaired) electrons. The van der Waals surface area contributed by atoms with Crippen LogP contribution in [0, 0.1) is 6.92 Å². The zero-order valence-electron chi connectivity index (χ0n) is 17.3. The number of para-hydroxylation sites is 1. The van der Waals surface area contributed by atoms with Crippen molar-refractivity contribution in [1.29, 1.82) is 0 Å². The first-order valence-corrected chi connectivity index (χ1v) is 11.5. The predicted molar refractivity (Wildman–Crippen MR) is 124 cm³/mol. The summed E-state index contributed by atoms with van der Waals surface area (Å²) in [6.45, 7) is 6.37. The number of carbonyl (C=O) groups is 1. The lowest BCUT2D eigenvalue weighted by atomic mass is 9.85. The summed E-state index contributed by atoms with van der Waals surface area (Å²) in [5.41, 5.74) is 2.78. The van der Waals surface area contributed by atoms with Gasteiger partial charge in [-0.3, -0.25) is 14.6 Å². The average molecular weight is 440 g/mol. The molecule has 0 bridgehead atoms. The fraction of sp³-hybridized carbons (Fsp3) is 0.333. The maximum atomic E-state index is 12.9. The molecule has 6 heteroatoms. The largest absolute Gasteiger partial charge is 0.300 e. The Labute approximate surface area is 187 Å². The molecule has 1 amide bonds. The Hall–Kier alpha value is -2.21. The first-order valence-electron chi connectivity index (χ1n) is 10.2. The SMILES string of the molecule is CC(=O)N(c1ccccc1)C1(c2nc(C)cs2)CCN(Cc2ccc(Cl)cc2)CC1. The highest BCUT2D eigenvalue weighted by Crippen LogP contribution is 2.43. The summed E-state index contributed by atoms with van der Waals surface area (Å²) in [7, 11) is 0. The number of likely N-dealkylation sites (tertiary alicyclic amines) is 1. The van der Waals surface area contributed by atoms with Crippen molar-refractivity contribution in [2.24, 2.45) is 0 Å². The summed E-state index contributed by atoms with van der Waals surface area (Å²) in [4.78, 5) is 22.2. The quantitative estimate of drug-likeness (QED) is 0.515. The van der Waals surface area contributed by atoms with E-state index in [4.69, 9.17) is 16.6 Å². The Bertz CT molecular complexity index is 995. The van der Waals surface area contributed by atoms with E-state index in [1.165, 1.54) is 5.56 Å². The van der Waals surface area contributed by atoms with Crippen molar-refractivity contribution in [1.82, 2.24) is 9.88 Å². The smallest absolute Gasteiger partial charge is 0.224 e. The molecule has 2 heterocycles. The predicted octanol–water partition coefficient (Wildman–Crippen LogP) is 5.65. The van der Waals surface area contributed by atoms with Gasteiger partial charge < -0.3 is 0 Å². The van der Waals surface area contributed by atoms with Crippen molar-refractivity contribution in [3.05, 3.63) is 81.3 Å². The van der Waals surface area contributed by atoms with Crippen LogP contribution < -0.4 is 4.90 Å². The van der Waals surface area contributed by atoms with Gasteiger partial charge in [0.05, 0.1) is 0 Å². The summed E-state index contributed by atoms with van der Waals surface area (Å²) in [6, 6.07) is 18.0. The van der Waals surface area contributed by atoms with Gasteiger partial charge in [-0.15, -0.1) is 11.3 Å². The van der Waals surface area contributed by atoms with Crippen molar-refractivity contribution < 1.29 is 4.79 Å². The van der Waals surface area contributed by atoms with E-state index >= 15 is 0 Å². The zero-order chi connectivity index (χ0) is 21.1. The molecule has 0 aliphatic carbocycles. The molecule has 2 aromatic carbocycles. The number of aromatic nitrogens is 1. The number of benzene rings is 2. The molecule has 4 rings (SSSR count). The van der Waals surface area contributed by atoms with Gasteiger partial charge in [0.25, 0.3) is 0 Å². The number of anilines is 1. The van der Waals surface area contributed by atoms with E-state index < -0.39 is 5.54 Å². The number of hydrogen-bond donors (Lipinski definition) is 0. The highest BCUT2D eigenvalue weighted by Gasteiger charge is 2.45. The van der Waals surface area contributed by atoms with E-state index in [9.17, 15) is 4.79 Å². The number of halogens is 1. The van der Waals surface area contributed by atoms with Crippen molar-refractivity contribution in [3.63, 3.8) is 0 Å². The van der Waals surface area contributed by atoms with Gasteiger partial charge >= 0.3 is 0 Å². The molecule has 0 atom stereocenters. The van der Waals surface area contributed by atoms with Crippen molar-refractivity contribution in [2.45, 2.75) is 38.8 Å². The van der Waals surface area contributed by atoms with Crippen LogP contribution in [0.3, 0.4) is 0 Å². The first-order chi connectivity index (χ1) is 14.5. The third-order valence-corrected chi connectivity index (χ3v) is 7.18. The standard InChI is InChI=1S/C24H26ClN3OS/c1-18-17-30-23(26-18)24(28(19(2)29)22-6-4-3-5-7-22)12-14-27(15-13-24)16-20-8-10-21(25)11-9-20/h3-11,17H,12-16H2,1-2H3. The van der Waals surface area contributed by atoms with Gasteiger partial charge in [0.2, 0.25) is 5.91 Å². The molecule has 0 N–H and O–H groups in total. The number of piperidine rings is 1. The van der Waals surface area contributed by atoms with Crippen LogP contribution >= 0.6 is 22.9 Å². The summed E-state index contributed by atoms with van der Waals surface area (Å²) in [5.74, 6) is 0.0557. The van der Waals surface area contributed by atoms with Gasteiger partial charge in [-0.25, -0.2) is 4.98 Å². The average Bonchev–Trinajstić information content (AvgIpc) is 3.19. The number of carbonyl (C=O) groups excluding carboxylic acids is 1. The van der Waals surface area contributed by atoms with E-state index in [2.05, 4.69) is 22.4 Å². The first kappa shape index (κ1) is 21.0. The Kier molecular flexibility index (Phi) is 6.23. The lowest BCUT2D eigenvalue weighted by molar-refractivity contribution is -0.118. The van der Waals surface area contributed by atoms with Crippen LogP contribution in [-0.2, 0) is 16.9 Å². The number of hydrogen-bond acceptors (Lipinski definition) is 4. The Morgan fingerprint density at radius 1 is 1.13 bits per heavy atom. The molecule has 30 heavy (non-hydrogen) atoms. The van der Waals surface area contributed by atoms with E-state index in [0.29, 0.717) is 0 Å². The third-order valence-electron chi connectivity index (χ3n) is 5.78. The Morgan fingerprint density at radius 3 is 2.37 bits per heavy atom. The van der Waals surface area contributed by atoms with Crippen molar-refractivity contribution in [3.8, 4) is 0 Å². The normalized spacial score (nSPS) is 16.4. The molecule has 3 aromatic rings.